The first-order valence-electron chi connectivity index (χ1n) is 6.84. The molecular formula is C15H22N2S. The van der Waals surface area contributed by atoms with Crippen LogP contribution in [0.3, 0.4) is 0 Å². The molecule has 0 aromatic heterocycles. The second-order valence-electron chi connectivity index (χ2n) is 5.05. The maximum atomic E-state index is 5.78. The van der Waals surface area contributed by atoms with Crippen LogP contribution in [0, 0.1) is 0 Å². The molecule has 3 heteroatoms. The van der Waals surface area contributed by atoms with Crippen LogP contribution in [0.1, 0.15) is 43.7 Å². The molecule has 0 amide bonds. The molecule has 1 atom stereocenters. The number of hydrogen-bond acceptors (Lipinski definition) is 2. The Labute approximate surface area is 115 Å². The van der Waals surface area contributed by atoms with E-state index in [1.807, 2.05) is 0 Å². The molecule has 2 nitrogen and oxygen atoms in total. The van der Waals surface area contributed by atoms with Crippen molar-refractivity contribution in [2.24, 2.45) is 5.73 Å². The van der Waals surface area contributed by atoms with Crippen LogP contribution in [0.4, 0.5) is 0 Å². The Morgan fingerprint density at radius 3 is 2.28 bits per heavy atom. The predicted molar refractivity (Wildman–Crippen MR) is 80.6 cm³/mol. The number of nitrogens with zero attached hydrogens (tertiary/aromatic N) is 1. The normalized spacial score (nSPS) is 19.1. The molecule has 0 saturated carbocycles. The molecule has 1 heterocycles. The van der Waals surface area contributed by atoms with Gasteiger partial charge in [-0.15, -0.1) is 0 Å². The van der Waals surface area contributed by atoms with E-state index in [4.69, 9.17) is 18.0 Å². The topological polar surface area (TPSA) is 29.3 Å². The lowest BCUT2D eigenvalue weighted by atomic mass is 10.0. The van der Waals surface area contributed by atoms with Crippen molar-refractivity contribution in [1.82, 2.24) is 4.90 Å². The molecule has 1 aromatic carbocycles. The summed E-state index contributed by atoms with van der Waals surface area (Å²) >= 11 is 5.13. The van der Waals surface area contributed by atoms with Crippen molar-refractivity contribution in [2.45, 2.75) is 38.1 Å². The van der Waals surface area contributed by atoms with Gasteiger partial charge in [-0.1, -0.05) is 55.4 Å². The molecule has 0 spiro atoms. The first-order valence-corrected chi connectivity index (χ1v) is 7.25. The van der Waals surface area contributed by atoms with Crippen molar-refractivity contribution in [3.05, 3.63) is 35.9 Å². The summed E-state index contributed by atoms with van der Waals surface area (Å²) in [5.74, 6) is 0. The highest BCUT2D eigenvalue weighted by Gasteiger charge is 2.21. The Morgan fingerprint density at radius 1 is 1.11 bits per heavy atom. The van der Waals surface area contributed by atoms with Gasteiger partial charge in [0.1, 0.15) is 0 Å². The Morgan fingerprint density at radius 2 is 1.72 bits per heavy atom. The minimum Gasteiger partial charge on any atom is -0.393 e. The van der Waals surface area contributed by atoms with Gasteiger partial charge in [-0.2, -0.15) is 0 Å². The highest BCUT2D eigenvalue weighted by molar-refractivity contribution is 7.80. The fourth-order valence-electron chi connectivity index (χ4n) is 2.73. The van der Waals surface area contributed by atoms with E-state index in [1.54, 1.807) is 0 Å². The number of thiocarbonyl (C=S) groups is 1. The first kappa shape index (κ1) is 13.5. The lowest BCUT2D eigenvalue weighted by molar-refractivity contribution is 0.210. The summed E-state index contributed by atoms with van der Waals surface area (Å²) in [6.07, 6.45) is 6.08. The van der Waals surface area contributed by atoms with Gasteiger partial charge in [0.25, 0.3) is 0 Å². The van der Waals surface area contributed by atoms with Crippen molar-refractivity contribution in [1.29, 1.82) is 0 Å². The van der Waals surface area contributed by atoms with E-state index < -0.39 is 0 Å². The highest BCUT2D eigenvalue weighted by atomic mass is 32.1. The van der Waals surface area contributed by atoms with Gasteiger partial charge in [-0.25, -0.2) is 0 Å². The molecule has 2 N–H and O–H groups in total. The molecule has 0 aliphatic carbocycles. The molecule has 1 saturated heterocycles. The second-order valence-corrected chi connectivity index (χ2v) is 5.57. The number of hydrogen-bond donors (Lipinski definition) is 1. The second kappa shape index (κ2) is 6.86. The van der Waals surface area contributed by atoms with E-state index in [9.17, 15) is 0 Å². The smallest absolute Gasteiger partial charge is 0.0746 e. The molecule has 18 heavy (non-hydrogen) atoms. The van der Waals surface area contributed by atoms with Gasteiger partial charge in [0, 0.05) is 12.5 Å². The third-order valence-corrected chi connectivity index (χ3v) is 3.83. The molecule has 1 aliphatic heterocycles. The van der Waals surface area contributed by atoms with Crippen LogP contribution in [0.5, 0.6) is 0 Å². The fourth-order valence-corrected chi connectivity index (χ4v) is 2.89. The Hall–Kier alpha value is -0.930. The zero-order chi connectivity index (χ0) is 12.8. The van der Waals surface area contributed by atoms with E-state index in [-0.39, 0.29) is 0 Å². The average Bonchev–Trinajstić information content (AvgIpc) is 2.65. The summed E-state index contributed by atoms with van der Waals surface area (Å²) in [6.45, 7) is 2.34. The van der Waals surface area contributed by atoms with Crippen LogP contribution in [0.15, 0.2) is 30.3 Å². The molecule has 0 bridgehead atoms. The SMILES string of the molecule is NC(=S)CC(c1ccccc1)N1CCCCCC1. The van der Waals surface area contributed by atoms with Crippen LogP contribution in [0.2, 0.25) is 0 Å². The molecule has 98 valence electrons. The van der Waals surface area contributed by atoms with E-state index in [0.29, 0.717) is 11.0 Å². The molecular weight excluding hydrogens is 240 g/mol. The van der Waals surface area contributed by atoms with Gasteiger partial charge in [0.15, 0.2) is 0 Å². The summed E-state index contributed by atoms with van der Waals surface area (Å²) < 4.78 is 0. The van der Waals surface area contributed by atoms with Gasteiger partial charge in [-0.05, 0) is 31.5 Å². The number of benzene rings is 1. The lowest BCUT2D eigenvalue weighted by Crippen LogP contribution is -2.32. The average molecular weight is 262 g/mol. The minimum absolute atomic E-state index is 0.363. The van der Waals surface area contributed by atoms with Crippen LogP contribution in [-0.2, 0) is 0 Å². The third kappa shape index (κ3) is 3.79. The Balaban J connectivity index is 2.15. The summed E-state index contributed by atoms with van der Waals surface area (Å²) in [4.78, 5) is 3.18. The molecule has 1 fully saturated rings. The zero-order valence-corrected chi connectivity index (χ0v) is 11.7. The van der Waals surface area contributed by atoms with Gasteiger partial charge in [-0.3, -0.25) is 4.90 Å². The van der Waals surface area contributed by atoms with Gasteiger partial charge in [0.05, 0.1) is 4.99 Å². The molecule has 1 aromatic rings. The maximum Gasteiger partial charge on any atom is 0.0746 e. The summed E-state index contributed by atoms with van der Waals surface area (Å²) in [5.41, 5.74) is 7.12. The van der Waals surface area contributed by atoms with Crippen LogP contribution in [-0.4, -0.2) is 23.0 Å². The predicted octanol–water partition coefficient (Wildman–Crippen LogP) is 3.28. The number of nitrogens with two attached hydrogens (primary N) is 1. The molecule has 0 radical (unpaired) electrons. The number of likely N-dealkylation sites (tertiary alicyclic amines) is 1. The van der Waals surface area contributed by atoms with Crippen molar-refractivity contribution >= 4 is 17.2 Å². The molecule has 2 rings (SSSR count). The Kier molecular flexibility index (Phi) is 5.14. The minimum atomic E-state index is 0.363. The molecule has 1 unspecified atom stereocenters. The van der Waals surface area contributed by atoms with Crippen LogP contribution in [0.25, 0.3) is 0 Å². The van der Waals surface area contributed by atoms with Gasteiger partial charge >= 0.3 is 0 Å². The molecule has 1 aliphatic rings. The maximum absolute atomic E-state index is 5.78. The number of rotatable bonds is 4. The van der Waals surface area contributed by atoms with Gasteiger partial charge < -0.3 is 5.73 Å². The summed E-state index contributed by atoms with van der Waals surface area (Å²) in [5, 5.41) is 0. The van der Waals surface area contributed by atoms with E-state index in [0.717, 1.165) is 6.42 Å². The summed E-state index contributed by atoms with van der Waals surface area (Å²) in [6, 6.07) is 11.0. The quantitative estimate of drug-likeness (QED) is 0.844. The Bertz CT molecular complexity index is 369. The van der Waals surface area contributed by atoms with E-state index in [2.05, 4.69) is 35.2 Å². The van der Waals surface area contributed by atoms with Crippen molar-refractivity contribution in [2.75, 3.05) is 13.1 Å². The van der Waals surface area contributed by atoms with Crippen LogP contribution >= 0.6 is 12.2 Å². The fraction of sp³-hybridized carbons (Fsp3) is 0.533. The lowest BCUT2D eigenvalue weighted by Gasteiger charge is -2.30. The monoisotopic (exact) mass is 262 g/mol. The van der Waals surface area contributed by atoms with E-state index in [1.165, 1.54) is 44.3 Å². The van der Waals surface area contributed by atoms with Crippen molar-refractivity contribution in [3.8, 4) is 0 Å². The third-order valence-electron chi connectivity index (χ3n) is 3.66. The van der Waals surface area contributed by atoms with Crippen molar-refractivity contribution < 1.29 is 0 Å². The zero-order valence-electron chi connectivity index (χ0n) is 10.8. The summed E-state index contributed by atoms with van der Waals surface area (Å²) in [7, 11) is 0. The van der Waals surface area contributed by atoms with Gasteiger partial charge in [0.2, 0.25) is 0 Å². The highest BCUT2D eigenvalue weighted by Crippen LogP contribution is 2.27. The first-order chi connectivity index (χ1) is 8.77. The van der Waals surface area contributed by atoms with Crippen molar-refractivity contribution in [3.63, 3.8) is 0 Å². The largest absolute Gasteiger partial charge is 0.393 e. The standard InChI is InChI=1S/C15H22N2S/c16-15(18)12-14(13-8-4-3-5-9-13)17-10-6-1-2-7-11-17/h3-5,8-9,14H,1-2,6-7,10-12H2,(H2,16,18). The van der Waals surface area contributed by atoms with Crippen LogP contribution < -0.4 is 5.73 Å². The van der Waals surface area contributed by atoms with E-state index >= 15 is 0 Å².